The van der Waals surface area contributed by atoms with E-state index in [1.165, 1.54) is 12.1 Å². The van der Waals surface area contributed by atoms with Crippen LogP contribution in [-0.2, 0) is 0 Å². The molecule has 1 aromatic rings. The van der Waals surface area contributed by atoms with Gasteiger partial charge in [0.1, 0.15) is 5.82 Å². The highest BCUT2D eigenvalue weighted by atomic mass is 35.5. The maximum atomic E-state index is 13.0. The molecule has 1 rings (SSSR count). The first kappa shape index (κ1) is 16.4. The molecule has 0 spiro atoms. The Balaban J connectivity index is 2.72. The zero-order chi connectivity index (χ0) is 14.5. The fourth-order valence-corrected chi connectivity index (χ4v) is 2.44. The third-order valence-electron chi connectivity index (χ3n) is 4.05. The highest BCUT2D eigenvalue weighted by molar-refractivity contribution is 6.31. The van der Waals surface area contributed by atoms with E-state index in [4.69, 9.17) is 11.6 Å². The summed E-state index contributed by atoms with van der Waals surface area (Å²) in [5.41, 5.74) is 0.780. The summed E-state index contributed by atoms with van der Waals surface area (Å²) in [5.74, 6) is -0.326. The zero-order valence-electron chi connectivity index (χ0n) is 11.8. The van der Waals surface area contributed by atoms with Crippen molar-refractivity contribution in [2.45, 2.75) is 39.7 Å². The number of nitrogens with one attached hydrogen (secondary N) is 1. The highest BCUT2D eigenvalue weighted by Gasteiger charge is 2.25. The van der Waals surface area contributed by atoms with Gasteiger partial charge in [-0.1, -0.05) is 31.5 Å². The summed E-state index contributed by atoms with van der Waals surface area (Å²) in [7, 11) is 0. The molecule has 0 aliphatic heterocycles. The lowest BCUT2D eigenvalue weighted by molar-refractivity contribution is 0.110. The highest BCUT2D eigenvalue weighted by Crippen LogP contribution is 2.28. The van der Waals surface area contributed by atoms with Gasteiger partial charge < -0.3 is 10.4 Å². The monoisotopic (exact) mass is 287 g/mol. The van der Waals surface area contributed by atoms with Crippen LogP contribution < -0.4 is 5.32 Å². The maximum Gasteiger partial charge on any atom is 0.124 e. The van der Waals surface area contributed by atoms with E-state index in [2.05, 4.69) is 19.2 Å². The topological polar surface area (TPSA) is 32.3 Å². The molecule has 0 aliphatic rings. The normalized spacial score (nSPS) is 13.6. The Morgan fingerprint density at radius 3 is 2.47 bits per heavy atom. The largest absolute Gasteiger partial charge is 0.396 e. The average Bonchev–Trinajstić information content (AvgIpc) is 2.40. The summed E-state index contributed by atoms with van der Waals surface area (Å²) in [6, 6.07) is 4.47. The molecule has 19 heavy (non-hydrogen) atoms. The fraction of sp³-hybridized carbons (Fsp3) is 0.600. The lowest BCUT2D eigenvalue weighted by Crippen LogP contribution is -2.37. The van der Waals surface area contributed by atoms with Gasteiger partial charge in [-0.2, -0.15) is 0 Å². The van der Waals surface area contributed by atoms with Gasteiger partial charge in [0.15, 0.2) is 0 Å². The first-order valence-electron chi connectivity index (χ1n) is 6.77. The van der Waals surface area contributed by atoms with Crippen molar-refractivity contribution in [1.82, 2.24) is 5.32 Å². The van der Waals surface area contributed by atoms with Crippen molar-refractivity contribution in [2.24, 2.45) is 5.41 Å². The molecule has 0 amide bonds. The van der Waals surface area contributed by atoms with E-state index in [1.807, 2.05) is 6.92 Å². The minimum absolute atomic E-state index is 0.0251. The number of benzene rings is 1. The van der Waals surface area contributed by atoms with E-state index < -0.39 is 0 Å². The molecule has 2 N–H and O–H groups in total. The van der Waals surface area contributed by atoms with Gasteiger partial charge in [-0.15, -0.1) is 0 Å². The number of hydrogen-bond acceptors (Lipinski definition) is 2. The number of halogens is 2. The molecule has 1 aromatic carbocycles. The van der Waals surface area contributed by atoms with Gasteiger partial charge in [0, 0.05) is 29.6 Å². The van der Waals surface area contributed by atoms with E-state index >= 15 is 0 Å². The standard InChI is InChI=1S/C15H23ClFNO/c1-4-15(5-2,10-19)9-18-11(3)13-7-6-12(17)8-14(13)16/h6-8,11,18-19H,4-5,9-10H2,1-3H3. The summed E-state index contributed by atoms with van der Waals surface area (Å²) in [6.07, 6.45) is 1.83. The minimum atomic E-state index is -0.326. The van der Waals surface area contributed by atoms with Crippen molar-refractivity contribution < 1.29 is 9.50 Å². The molecule has 2 nitrogen and oxygen atoms in total. The first-order valence-corrected chi connectivity index (χ1v) is 7.15. The molecule has 4 heteroatoms. The molecule has 0 fully saturated rings. The number of aliphatic hydroxyl groups is 1. The quantitative estimate of drug-likeness (QED) is 0.796. The summed E-state index contributed by atoms with van der Waals surface area (Å²) < 4.78 is 13.0. The van der Waals surface area contributed by atoms with Crippen LogP contribution in [0.4, 0.5) is 4.39 Å². The van der Waals surface area contributed by atoms with Gasteiger partial charge in [-0.3, -0.25) is 0 Å². The second-order valence-electron chi connectivity index (χ2n) is 5.13. The van der Waals surface area contributed by atoms with Crippen LogP contribution in [0.2, 0.25) is 5.02 Å². The van der Waals surface area contributed by atoms with Crippen molar-refractivity contribution in [1.29, 1.82) is 0 Å². The van der Waals surface area contributed by atoms with E-state index in [1.54, 1.807) is 6.07 Å². The molecule has 0 radical (unpaired) electrons. The summed E-state index contributed by atoms with van der Waals surface area (Å²) in [5, 5.41) is 13.4. The Bertz CT molecular complexity index is 399. The third kappa shape index (κ3) is 4.16. The molecule has 0 saturated heterocycles. The Labute approximate surface area is 120 Å². The minimum Gasteiger partial charge on any atom is -0.396 e. The molecule has 108 valence electrons. The van der Waals surface area contributed by atoms with E-state index in [-0.39, 0.29) is 23.9 Å². The Kier molecular flexibility index (Phi) is 6.24. The van der Waals surface area contributed by atoms with Gasteiger partial charge in [0.05, 0.1) is 0 Å². The Morgan fingerprint density at radius 1 is 1.37 bits per heavy atom. The molecule has 0 aliphatic carbocycles. The SMILES string of the molecule is CCC(CC)(CO)CNC(C)c1ccc(F)cc1Cl. The summed E-state index contributed by atoms with van der Waals surface area (Å²) >= 11 is 6.05. The van der Waals surface area contributed by atoms with Crippen LogP contribution in [0.25, 0.3) is 0 Å². The van der Waals surface area contributed by atoms with Crippen LogP contribution >= 0.6 is 11.6 Å². The number of aliphatic hydroxyl groups excluding tert-OH is 1. The first-order chi connectivity index (χ1) is 8.98. The Morgan fingerprint density at radius 2 is 2.00 bits per heavy atom. The van der Waals surface area contributed by atoms with Crippen molar-refractivity contribution in [3.05, 3.63) is 34.6 Å². The predicted octanol–water partition coefficient (Wildman–Crippen LogP) is 3.93. The van der Waals surface area contributed by atoms with Crippen LogP contribution in [0.15, 0.2) is 18.2 Å². The second kappa shape index (κ2) is 7.22. The smallest absolute Gasteiger partial charge is 0.124 e. The van der Waals surface area contributed by atoms with Crippen molar-refractivity contribution in [3.63, 3.8) is 0 Å². The third-order valence-corrected chi connectivity index (χ3v) is 4.37. The van der Waals surface area contributed by atoms with E-state index in [0.717, 1.165) is 18.4 Å². The summed E-state index contributed by atoms with van der Waals surface area (Å²) in [4.78, 5) is 0. The molecule has 0 heterocycles. The zero-order valence-corrected chi connectivity index (χ0v) is 12.6. The van der Waals surface area contributed by atoms with Gasteiger partial charge >= 0.3 is 0 Å². The molecular formula is C15H23ClFNO. The van der Waals surface area contributed by atoms with Gasteiger partial charge in [0.25, 0.3) is 0 Å². The van der Waals surface area contributed by atoms with Crippen LogP contribution in [0, 0.1) is 11.2 Å². The molecule has 0 aromatic heterocycles. The molecule has 1 atom stereocenters. The second-order valence-corrected chi connectivity index (χ2v) is 5.54. The van der Waals surface area contributed by atoms with Crippen LogP contribution in [0.5, 0.6) is 0 Å². The van der Waals surface area contributed by atoms with Crippen molar-refractivity contribution in [2.75, 3.05) is 13.2 Å². The van der Waals surface area contributed by atoms with Crippen LogP contribution in [0.1, 0.15) is 45.2 Å². The fourth-order valence-electron chi connectivity index (χ4n) is 2.11. The number of hydrogen-bond donors (Lipinski definition) is 2. The van der Waals surface area contributed by atoms with E-state index in [0.29, 0.717) is 11.6 Å². The van der Waals surface area contributed by atoms with Crippen molar-refractivity contribution in [3.8, 4) is 0 Å². The molecule has 0 saturated carbocycles. The molecule has 0 bridgehead atoms. The van der Waals surface area contributed by atoms with Gasteiger partial charge in [0.2, 0.25) is 0 Å². The molecular weight excluding hydrogens is 265 g/mol. The van der Waals surface area contributed by atoms with Gasteiger partial charge in [-0.05, 0) is 37.5 Å². The van der Waals surface area contributed by atoms with Crippen LogP contribution in [-0.4, -0.2) is 18.3 Å². The van der Waals surface area contributed by atoms with Gasteiger partial charge in [-0.25, -0.2) is 4.39 Å². The van der Waals surface area contributed by atoms with Crippen molar-refractivity contribution >= 4 is 11.6 Å². The van der Waals surface area contributed by atoms with E-state index in [9.17, 15) is 9.50 Å². The summed E-state index contributed by atoms with van der Waals surface area (Å²) in [6.45, 7) is 7.03. The molecule has 1 unspecified atom stereocenters. The lowest BCUT2D eigenvalue weighted by Gasteiger charge is -2.31. The van der Waals surface area contributed by atoms with Crippen LogP contribution in [0.3, 0.4) is 0 Å². The average molecular weight is 288 g/mol. The number of rotatable bonds is 7. The lowest BCUT2D eigenvalue weighted by atomic mass is 9.83. The predicted molar refractivity (Wildman–Crippen MR) is 77.9 cm³/mol. The Hall–Kier alpha value is -0.640. The maximum absolute atomic E-state index is 13.0.